The van der Waals surface area contributed by atoms with Crippen LogP contribution in [0.15, 0.2) is 42.6 Å². The summed E-state index contributed by atoms with van der Waals surface area (Å²) in [5.41, 5.74) is 2.05. The molecule has 0 atom stereocenters. The summed E-state index contributed by atoms with van der Waals surface area (Å²) in [4.78, 5) is 4.30. The van der Waals surface area contributed by atoms with E-state index in [0.29, 0.717) is 5.15 Å². The number of pyridine rings is 1. The molecular weight excluding hydrogens is 296 g/mol. The summed E-state index contributed by atoms with van der Waals surface area (Å²) < 4.78 is 12.2. The minimum absolute atomic E-state index is 0.371. The first-order valence-corrected chi connectivity index (χ1v) is 7.74. The van der Waals surface area contributed by atoms with Crippen molar-refractivity contribution in [2.24, 2.45) is 0 Å². The molecule has 1 aliphatic rings. The highest BCUT2D eigenvalue weighted by molar-refractivity contribution is 6.62. The van der Waals surface area contributed by atoms with Crippen LogP contribution in [0.5, 0.6) is 0 Å². The molecule has 2 aromatic rings. The Labute approximate surface area is 136 Å². The Kier molecular flexibility index (Phi) is 3.80. The lowest BCUT2D eigenvalue weighted by Gasteiger charge is -2.32. The first-order valence-electron chi connectivity index (χ1n) is 7.37. The van der Waals surface area contributed by atoms with Gasteiger partial charge in [0.25, 0.3) is 0 Å². The summed E-state index contributed by atoms with van der Waals surface area (Å²) in [6.45, 7) is 8.14. The van der Waals surface area contributed by atoms with Gasteiger partial charge in [0.15, 0.2) is 0 Å². The molecule has 0 N–H and O–H groups in total. The smallest absolute Gasteiger partial charge is 0.399 e. The number of halogens is 1. The summed E-state index contributed by atoms with van der Waals surface area (Å²) in [5.74, 6) is 0. The van der Waals surface area contributed by atoms with Gasteiger partial charge < -0.3 is 9.31 Å². The molecule has 0 spiro atoms. The predicted molar refractivity (Wildman–Crippen MR) is 90.4 cm³/mol. The third kappa shape index (κ3) is 2.67. The van der Waals surface area contributed by atoms with E-state index in [9.17, 15) is 0 Å². The van der Waals surface area contributed by atoms with E-state index in [1.54, 1.807) is 6.20 Å². The number of nitrogens with zero attached hydrogens (tertiary/aromatic N) is 1. The van der Waals surface area contributed by atoms with Crippen LogP contribution in [-0.2, 0) is 9.31 Å². The summed E-state index contributed by atoms with van der Waals surface area (Å²) in [6.07, 6.45) is 1.72. The Hall–Kier alpha value is -1.36. The van der Waals surface area contributed by atoms with Crippen LogP contribution in [0.4, 0.5) is 0 Å². The fraction of sp³-hybridized carbons (Fsp3) is 0.353. The topological polar surface area (TPSA) is 31.4 Å². The van der Waals surface area contributed by atoms with Gasteiger partial charge in [0.1, 0.15) is 5.15 Å². The van der Waals surface area contributed by atoms with Crippen LogP contribution < -0.4 is 5.46 Å². The van der Waals surface area contributed by atoms with E-state index in [1.807, 2.05) is 64.1 Å². The molecule has 0 saturated carbocycles. The lowest BCUT2D eigenvalue weighted by molar-refractivity contribution is 0.00578. The van der Waals surface area contributed by atoms with Gasteiger partial charge in [-0.2, -0.15) is 0 Å². The summed E-state index contributed by atoms with van der Waals surface area (Å²) in [6, 6.07) is 11.9. The maximum absolute atomic E-state index is 6.26. The molecule has 0 radical (unpaired) electrons. The molecule has 1 aliphatic heterocycles. The second-order valence-corrected chi connectivity index (χ2v) is 6.92. The Balaban J connectivity index is 1.98. The number of aromatic nitrogens is 1. The zero-order valence-electron chi connectivity index (χ0n) is 13.3. The van der Waals surface area contributed by atoms with Gasteiger partial charge in [-0.15, -0.1) is 0 Å². The molecule has 2 heterocycles. The predicted octanol–water partition coefficient (Wildman–Crippen LogP) is 3.70. The van der Waals surface area contributed by atoms with E-state index in [0.717, 1.165) is 16.6 Å². The van der Waals surface area contributed by atoms with Crippen molar-refractivity contribution in [1.29, 1.82) is 0 Å². The van der Waals surface area contributed by atoms with Crippen molar-refractivity contribution in [3.8, 4) is 11.1 Å². The molecule has 114 valence electrons. The molecule has 1 fully saturated rings. The molecule has 0 amide bonds. The van der Waals surface area contributed by atoms with Gasteiger partial charge in [0.2, 0.25) is 0 Å². The number of hydrogen-bond acceptors (Lipinski definition) is 3. The van der Waals surface area contributed by atoms with Crippen molar-refractivity contribution in [3.05, 3.63) is 47.7 Å². The van der Waals surface area contributed by atoms with Crippen molar-refractivity contribution in [2.45, 2.75) is 38.9 Å². The zero-order chi connectivity index (χ0) is 16.0. The number of benzene rings is 1. The van der Waals surface area contributed by atoms with Crippen LogP contribution in [0.25, 0.3) is 11.1 Å². The summed E-state index contributed by atoms with van der Waals surface area (Å²) in [5, 5.41) is 0.478. The second-order valence-electron chi connectivity index (χ2n) is 6.56. The Morgan fingerprint density at radius 3 is 2.18 bits per heavy atom. The second kappa shape index (κ2) is 5.37. The van der Waals surface area contributed by atoms with E-state index in [-0.39, 0.29) is 11.2 Å². The molecular formula is C17H19BClNO2. The Morgan fingerprint density at radius 1 is 1.00 bits per heavy atom. The highest BCUT2D eigenvalue weighted by Crippen LogP contribution is 2.36. The summed E-state index contributed by atoms with van der Waals surface area (Å²) >= 11 is 6.26. The van der Waals surface area contributed by atoms with E-state index in [1.165, 1.54) is 0 Å². The van der Waals surface area contributed by atoms with E-state index in [4.69, 9.17) is 20.9 Å². The van der Waals surface area contributed by atoms with Crippen LogP contribution in [0.1, 0.15) is 27.7 Å². The maximum Gasteiger partial charge on any atom is 0.496 e. The largest absolute Gasteiger partial charge is 0.496 e. The minimum Gasteiger partial charge on any atom is -0.399 e. The summed E-state index contributed by atoms with van der Waals surface area (Å²) in [7, 11) is -0.433. The average molecular weight is 316 g/mol. The van der Waals surface area contributed by atoms with E-state index < -0.39 is 7.12 Å². The molecule has 1 aromatic heterocycles. The molecule has 1 aromatic carbocycles. The van der Waals surface area contributed by atoms with Crippen LogP contribution in [-0.4, -0.2) is 23.3 Å². The van der Waals surface area contributed by atoms with Crippen LogP contribution in [0.3, 0.4) is 0 Å². The molecule has 5 heteroatoms. The Bertz CT molecular complexity index is 672. The van der Waals surface area contributed by atoms with Gasteiger partial charge in [-0.25, -0.2) is 4.98 Å². The van der Waals surface area contributed by atoms with Crippen LogP contribution in [0, 0.1) is 0 Å². The Morgan fingerprint density at radius 2 is 1.59 bits per heavy atom. The third-order valence-corrected chi connectivity index (χ3v) is 4.77. The van der Waals surface area contributed by atoms with E-state index in [2.05, 4.69) is 4.98 Å². The van der Waals surface area contributed by atoms with Crippen molar-refractivity contribution in [2.75, 3.05) is 0 Å². The minimum atomic E-state index is -0.433. The van der Waals surface area contributed by atoms with Crippen molar-refractivity contribution in [3.63, 3.8) is 0 Å². The average Bonchev–Trinajstić information content (AvgIpc) is 2.69. The number of rotatable bonds is 2. The molecule has 22 heavy (non-hydrogen) atoms. The third-order valence-electron chi connectivity index (χ3n) is 4.47. The SMILES string of the molecule is CC1(C)OB(c2cnc(Cl)c(-c3ccccc3)c2)OC1(C)C. The van der Waals surface area contributed by atoms with Gasteiger partial charge in [0.05, 0.1) is 11.2 Å². The van der Waals surface area contributed by atoms with Gasteiger partial charge in [-0.05, 0) is 39.3 Å². The fourth-order valence-electron chi connectivity index (χ4n) is 2.39. The molecule has 1 saturated heterocycles. The van der Waals surface area contributed by atoms with Gasteiger partial charge in [-0.1, -0.05) is 41.9 Å². The van der Waals surface area contributed by atoms with E-state index >= 15 is 0 Å². The molecule has 0 unspecified atom stereocenters. The molecule has 3 nitrogen and oxygen atoms in total. The van der Waals surface area contributed by atoms with Crippen LogP contribution >= 0.6 is 11.6 Å². The first-order chi connectivity index (χ1) is 10.3. The standard InChI is InChI=1S/C17H19BClNO2/c1-16(2)17(3,4)22-18(21-16)13-10-14(15(19)20-11-13)12-8-6-5-7-9-12/h5-11H,1-4H3. The first kappa shape index (κ1) is 15.5. The van der Waals surface area contributed by atoms with Gasteiger partial charge in [-0.3, -0.25) is 0 Å². The number of hydrogen-bond donors (Lipinski definition) is 0. The zero-order valence-corrected chi connectivity index (χ0v) is 14.0. The highest BCUT2D eigenvalue weighted by atomic mass is 35.5. The quantitative estimate of drug-likeness (QED) is 0.625. The highest BCUT2D eigenvalue weighted by Gasteiger charge is 2.51. The lowest BCUT2D eigenvalue weighted by atomic mass is 9.79. The fourth-order valence-corrected chi connectivity index (χ4v) is 2.60. The van der Waals surface area contributed by atoms with Crippen LogP contribution in [0.2, 0.25) is 5.15 Å². The molecule has 0 bridgehead atoms. The van der Waals surface area contributed by atoms with Gasteiger partial charge in [0, 0.05) is 17.2 Å². The molecule has 0 aliphatic carbocycles. The maximum atomic E-state index is 6.26. The lowest BCUT2D eigenvalue weighted by Crippen LogP contribution is -2.41. The normalized spacial score (nSPS) is 19.4. The van der Waals surface area contributed by atoms with Crippen molar-refractivity contribution < 1.29 is 9.31 Å². The monoisotopic (exact) mass is 315 g/mol. The van der Waals surface area contributed by atoms with Crippen molar-refractivity contribution in [1.82, 2.24) is 4.98 Å². The van der Waals surface area contributed by atoms with Crippen molar-refractivity contribution >= 4 is 24.2 Å². The van der Waals surface area contributed by atoms with Gasteiger partial charge >= 0.3 is 7.12 Å². The molecule has 3 rings (SSSR count).